The summed E-state index contributed by atoms with van der Waals surface area (Å²) >= 11 is 0. The first-order valence-corrected chi connectivity index (χ1v) is 4.59. The Morgan fingerprint density at radius 3 is 2.50 bits per heavy atom. The van der Waals surface area contributed by atoms with Crippen LogP contribution in [0.25, 0.3) is 10.8 Å². The molecule has 2 aromatic carbocycles. The SMILES string of the molecule is OCC(O)c1cccc2ccccc12. The Labute approximate surface area is 82.4 Å². The Kier molecular flexibility index (Phi) is 2.48. The van der Waals surface area contributed by atoms with Crippen molar-refractivity contribution in [2.75, 3.05) is 6.61 Å². The number of rotatable bonds is 2. The molecule has 2 rings (SSSR count). The van der Waals surface area contributed by atoms with E-state index in [4.69, 9.17) is 5.11 Å². The summed E-state index contributed by atoms with van der Waals surface area (Å²) in [5.41, 5.74) is 0.783. The van der Waals surface area contributed by atoms with Crippen LogP contribution in [0, 0.1) is 0 Å². The second kappa shape index (κ2) is 3.78. The first-order valence-electron chi connectivity index (χ1n) is 4.59. The predicted octanol–water partition coefficient (Wildman–Crippen LogP) is 1.87. The fraction of sp³-hybridized carbons (Fsp3) is 0.167. The molecule has 0 saturated carbocycles. The number of aliphatic hydroxyl groups is 2. The zero-order chi connectivity index (χ0) is 9.97. The van der Waals surface area contributed by atoms with Gasteiger partial charge in [0.25, 0.3) is 0 Å². The van der Waals surface area contributed by atoms with Gasteiger partial charge in [-0.2, -0.15) is 0 Å². The van der Waals surface area contributed by atoms with Gasteiger partial charge in [0, 0.05) is 0 Å². The summed E-state index contributed by atoms with van der Waals surface area (Å²) in [6.45, 7) is -0.242. The van der Waals surface area contributed by atoms with Crippen molar-refractivity contribution in [2.45, 2.75) is 6.10 Å². The Balaban J connectivity index is 2.65. The van der Waals surface area contributed by atoms with Crippen molar-refractivity contribution in [3.05, 3.63) is 48.0 Å². The van der Waals surface area contributed by atoms with Gasteiger partial charge in [0.1, 0.15) is 6.10 Å². The van der Waals surface area contributed by atoms with Crippen LogP contribution in [-0.4, -0.2) is 16.8 Å². The maximum atomic E-state index is 9.58. The van der Waals surface area contributed by atoms with E-state index in [1.807, 2.05) is 42.5 Å². The summed E-state index contributed by atoms with van der Waals surface area (Å²) in [5, 5.41) is 20.6. The van der Waals surface area contributed by atoms with Crippen molar-refractivity contribution in [3.8, 4) is 0 Å². The lowest BCUT2D eigenvalue weighted by atomic mass is 10.0. The quantitative estimate of drug-likeness (QED) is 0.755. The first-order chi connectivity index (χ1) is 6.83. The molecule has 0 radical (unpaired) electrons. The highest BCUT2D eigenvalue weighted by Gasteiger charge is 2.08. The summed E-state index contributed by atoms with van der Waals surface area (Å²) in [6.07, 6.45) is -0.791. The van der Waals surface area contributed by atoms with Gasteiger partial charge >= 0.3 is 0 Å². The molecule has 1 unspecified atom stereocenters. The minimum Gasteiger partial charge on any atom is -0.393 e. The van der Waals surface area contributed by atoms with E-state index in [2.05, 4.69) is 0 Å². The third kappa shape index (κ3) is 1.50. The van der Waals surface area contributed by atoms with Gasteiger partial charge in [-0.1, -0.05) is 42.5 Å². The molecule has 0 amide bonds. The van der Waals surface area contributed by atoms with Gasteiger partial charge in [-0.25, -0.2) is 0 Å². The van der Waals surface area contributed by atoms with Gasteiger partial charge < -0.3 is 10.2 Å². The topological polar surface area (TPSA) is 40.5 Å². The first kappa shape index (κ1) is 9.19. The molecule has 0 aliphatic carbocycles. The molecule has 0 aromatic heterocycles. The summed E-state index contributed by atoms with van der Waals surface area (Å²) in [7, 11) is 0. The lowest BCUT2D eigenvalue weighted by Gasteiger charge is -2.10. The van der Waals surface area contributed by atoms with Crippen LogP contribution in [-0.2, 0) is 0 Å². The van der Waals surface area contributed by atoms with Crippen LogP contribution < -0.4 is 0 Å². The second-order valence-corrected chi connectivity index (χ2v) is 3.27. The maximum Gasteiger partial charge on any atom is 0.103 e. The number of hydrogen-bond acceptors (Lipinski definition) is 2. The van der Waals surface area contributed by atoms with Crippen molar-refractivity contribution in [3.63, 3.8) is 0 Å². The van der Waals surface area contributed by atoms with Crippen LogP contribution >= 0.6 is 0 Å². The molecule has 2 nitrogen and oxygen atoms in total. The highest BCUT2D eigenvalue weighted by molar-refractivity contribution is 5.85. The molecule has 72 valence electrons. The molecule has 0 spiro atoms. The van der Waals surface area contributed by atoms with Crippen molar-refractivity contribution in [1.29, 1.82) is 0 Å². The normalized spacial score (nSPS) is 13.0. The summed E-state index contributed by atoms with van der Waals surface area (Å²) in [5.74, 6) is 0. The molecule has 2 heteroatoms. The Hall–Kier alpha value is -1.38. The van der Waals surface area contributed by atoms with E-state index >= 15 is 0 Å². The zero-order valence-electron chi connectivity index (χ0n) is 7.72. The van der Waals surface area contributed by atoms with Crippen molar-refractivity contribution < 1.29 is 10.2 Å². The van der Waals surface area contributed by atoms with E-state index < -0.39 is 6.10 Å². The van der Waals surface area contributed by atoms with Gasteiger partial charge in [-0.05, 0) is 16.3 Å². The third-order valence-corrected chi connectivity index (χ3v) is 2.36. The van der Waals surface area contributed by atoms with Gasteiger partial charge in [0.2, 0.25) is 0 Å². The molecule has 2 N–H and O–H groups in total. The van der Waals surface area contributed by atoms with Crippen molar-refractivity contribution in [2.24, 2.45) is 0 Å². The van der Waals surface area contributed by atoms with E-state index in [-0.39, 0.29) is 6.61 Å². The molecule has 14 heavy (non-hydrogen) atoms. The van der Waals surface area contributed by atoms with Crippen molar-refractivity contribution in [1.82, 2.24) is 0 Å². The van der Waals surface area contributed by atoms with Gasteiger partial charge in [-0.15, -0.1) is 0 Å². The third-order valence-electron chi connectivity index (χ3n) is 2.36. The van der Waals surface area contributed by atoms with E-state index in [1.165, 1.54) is 0 Å². The summed E-state index contributed by atoms with van der Waals surface area (Å²) in [6, 6.07) is 13.5. The Morgan fingerprint density at radius 1 is 1.00 bits per heavy atom. The zero-order valence-corrected chi connectivity index (χ0v) is 7.72. The highest BCUT2D eigenvalue weighted by atomic mass is 16.3. The van der Waals surface area contributed by atoms with Crippen molar-refractivity contribution >= 4 is 10.8 Å². The minimum atomic E-state index is -0.791. The number of fused-ring (bicyclic) bond motifs is 1. The smallest absolute Gasteiger partial charge is 0.103 e. The molecular formula is C12H12O2. The van der Waals surface area contributed by atoms with Gasteiger partial charge in [-0.3, -0.25) is 0 Å². The molecule has 1 atom stereocenters. The number of hydrogen-bond donors (Lipinski definition) is 2. The van der Waals surface area contributed by atoms with E-state index in [0.717, 1.165) is 16.3 Å². The monoisotopic (exact) mass is 188 g/mol. The fourth-order valence-electron chi connectivity index (χ4n) is 1.64. The van der Waals surface area contributed by atoms with Crippen LogP contribution in [0.15, 0.2) is 42.5 Å². The highest BCUT2D eigenvalue weighted by Crippen LogP contribution is 2.23. The lowest BCUT2D eigenvalue weighted by Crippen LogP contribution is -2.02. The fourth-order valence-corrected chi connectivity index (χ4v) is 1.64. The minimum absolute atomic E-state index is 0.242. The molecular weight excluding hydrogens is 176 g/mol. The molecule has 0 aliphatic heterocycles. The molecule has 0 fully saturated rings. The van der Waals surface area contributed by atoms with Crippen LogP contribution in [0.4, 0.5) is 0 Å². The van der Waals surface area contributed by atoms with E-state index in [9.17, 15) is 5.11 Å². The standard InChI is InChI=1S/C12H12O2/c13-8-12(14)11-7-3-5-9-4-1-2-6-10(9)11/h1-7,12-14H,8H2. The van der Waals surface area contributed by atoms with Crippen LogP contribution in [0.3, 0.4) is 0 Å². The molecule has 0 heterocycles. The maximum absolute atomic E-state index is 9.58. The van der Waals surface area contributed by atoms with Gasteiger partial charge in [0.15, 0.2) is 0 Å². The molecule has 0 aliphatic rings. The second-order valence-electron chi connectivity index (χ2n) is 3.27. The van der Waals surface area contributed by atoms with E-state index in [0.29, 0.717) is 0 Å². The summed E-state index contributed by atoms with van der Waals surface area (Å²) in [4.78, 5) is 0. The largest absolute Gasteiger partial charge is 0.393 e. The average Bonchev–Trinajstić information content (AvgIpc) is 2.27. The molecule has 0 bridgehead atoms. The van der Waals surface area contributed by atoms with E-state index in [1.54, 1.807) is 0 Å². The van der Waals surface area contributed by atoms with Crippen LogP contribution in [0.1, 0.15) is 11.7 Å². The Morgan fingerprint density at radius 2 is 1.71 bits per heavy atom. The molecule has 0 saturated heterocycles. The number of benzene rings is 2. The average molecular weight is 188 g/mol. The lowest BCUT2D eigenvalue weighted by molar-refractivity contribution is 0.0967. The Bertz CT molecular complexity index is 432. The predicted molar refractivity (Wildman–Crippen MR) is 56.0 cm³/mol. The van der Waals surface area contributed by atoms with Gasteiger partial charge in [0.05, 0.1) is 6.61 Å². The van der Waals surface area contributed by atoms with Crippen LogP contribution in [0.2, 0.25) is 0 Å². The molecule has 2 aromatic rings. The summed E-state index contributed by atoms with van der Waals surface area (Å²) < 4.78 is 0. The number of aliphatic hydroxyl groups excluding tert-OH is 2. The van der Waals surface area contributed by atoms with Crippen LogP contribution in [0.5, 0.6) is 0 Å².